The van der Waals surface area contributed by atoms with E-state index in [1.807, 2.05) is 18.3 Å². The molecule has 2 N–H and O–H groups in total. The molecule has 0 unspecified atom stereocenters. The van der Waals surface area contributed by atoms with Crippen molar-refractivity contribution in [2.24, 2.45) is 17.8 Å². The lowest BCUT2D eigenvalue weighted by atomic mass is 9.85. The first kappa shape index (κ1) is 14.6. The van der Waals surface area contributed by atoms with Gasteiger partial charge in [-0.15, -0.1) is 0 Å². The van der Waals surface area contributed by atoms with Crippen molar-refractivity contribution in [2.75, 3.05) is 11.9 Å². The Morgan fingerprint density at radius 1 is 1.10 bits per heavy atom. The molecule has 1 aromatic heterocycles. The van der Waals surface area contributed by atoms with Gasteiger partial charge in [-0.25, -0.2) is 4.98 Å². The van der Waals surface area contributed by atoms with Gasteiger partial charge >= 0.3 is 0 Å². The van der Waals surface area contributed by atoms with Crippen molar-refractivity contribution in [3.05, 3.63) is 30.5 Å². The van der Waals surface area contributed by atoms with Gasteiger partial charge in [0.15, 0.2) is 0 Å². The van der Waals surface area contributed by atoms with Crippen molar-refractivity contribution in [3.63, 3.8) is 0 Å². The molecule has 0 spiro atoms. The minimum atomic E-state index is 0.276. The molecule has 0 saturated heterocycles. The Morgan fingerprint density at radius 3 is 2.45 bits per heavy atom. The SMILES string of the molecule is CC(C)C(CNc1nccc2ccc(O)cc12)C(C)C. The standard InChI is InChI=1S/C17H24N2O/c1-11(2)16(12(3)4)10-19-17-15-9-14(20)6-5-13(15)7-8-18-17/h5-9,11-12,16,20H,10H2,1-4H3,(H,18,19). The summed E-state index contributed by atoms with van der Waals surface area (Å²) in [6.45, 7) is 9.93. The Kier molecular flexibility index (Phi) is 4.48. The van der Waals surface area contributed by atoms with E-state index in [1.54, 1.807) is 12.1 Å². The van der Waals surface area contributed by atoms with Crippen molar-refractivity contribution in [1.82, 2.24) is 4.98 Å². The topological polar surface area (TPSA) is 45.2 Å². The van der Waals surface area contributed by atoms with Crippen LogP contribution in [0.1, 0.15) is 27.7 Å². The molecule has 2 rings (SSSR count). The van der Waals surface area contributed by atoms with Crippen LogP contribution in [0.25, 0.3) is 10.8 Å². The number of pyridine rings is 1. The maximum Gasteiger partial charge on any atom is 0.133 e. The summed E-state index contributed by atoms with van der Waals surface area (Å²) in [5.41, 5.74) is 0. The molecule has 20 heavy (non-hydrogen) atoms. The second kappa shape index (κ2) is 6.12. The fourth-order valence-electron chi connectivity index (χ4n) is 2.75. The van der Waals surface area contributed by atoms with Crippen LogP contribution in [0.15, 0.2) is 30.5 Å². The van der Waals surface area contributed by atoms with E-state index in [2.05, 4.69) is 38.0 Å². The van der Waals surface area contributed by atoms with Crippen LogP contribution in [0.3, 0.4) is 0 Å². The van der Waals surface area contributed by atoms with Gasteiger partial charge in [0.05, 0.1) is 0 Å². The average molecular weight is 272 g/mol. The molecule has 0 radical (unpaired) electrons. The number of benzene rings is 1. The summed E-state index contributed by atoms with van der Waals surface area (Å²) in [6, 6.07) is 7.35. The lowest BCUT2D eigenvalue weighted by Gasteiger charge is -2.25. The number of fused-ring (bicyclic) bond motifs is 1. The van der Waals surface area contributed by atoms with E-state index in [0.717, 1.165) is 23.1 Å². The van der Waals surface area contributed by atoms with Crippen molar-refractivity contribution >= 4 is 16.6 Å². The van der Waals surface area contributed by atoms with E-state index in [0.29, 0.717) is 17.8 Å². The van der Waals surface area contributed by atoms with Gasteiger partial charge in [0.2, 0.25) is 0 Å². The molecule has 108 valence electrons. The van der Waals surface area contributed by atoms with Gasteiger partial charge < -0.3 is 10.4 Å². The van der Waals surface area contributed by atoms with E-state index >= 15 is 0 Å². The van der Waals surface area contributed by atoms with Crippen molar-refractivity contribution in [2.45, 2.75) is 27.7 Å². The van der Waals surface area contributed by atoms with E-state index in [-0.39, 0.29) is 5.75 Å². The van der Waals surface area contributed by atoms with E-state index in [1.165, 1.54) is 0 Å². The average Bonchev–Trinajstić information content (AvgIpc) is 2.38. The second-order valence-electron chi connectivity index (χ2n) is 6.10. The van der Waals surface area contributed by atoms with Crippen LogP contribution in [0.5, 0.6) is 5.75 Å². The fraction of sp³-hybridized carbons (Fsp3) is 0.471. The lowest BCUT2D eigenvalue weighted by Crippen LogP contribution is -2.24. The molecule has 0 atom stereocenters. The summed E-state index contributed by atoms with van der Waals surface area (Å²) in [6.07, 6.45) is 1.81. The zero-order chi connectivity index (χ0) is 14.7. The third-order valence-electron chi connectivity index (χ3n) is 3.97. The van der Waals surface area contributed by atoms with Gasteiger partial charge in [0.1, 0.15) is 11.6 Å². The Bertz CT molecular complexity index is 570. The Labute approximate surface area is 121 Å². The zero-order valence-electron chi connectivity index (χ0n) is 12.7. The minimum absolute atomic E-state index is 0.276. The highest BCUT2D eigenvalue weighted by molar-refractivity contribution is 5.92. The Balaban J connectivity index is 2.23. The van der Waals surface area contributed by atoms with Crippen LogP contribution in [0.4, 0.5) is 5.82 Å². The summed E-state index contributed by atoms with van der Waals surface area (Å²) in [5, 5.41) is 15.2. The molecular weight excluding hydrogens is 248 g/mol. The van der Waals surface area contributed by atoms with Gasteiger partial charge in [-0.2, -0.15) is 0 Å². The first-order valence-electron chi connectivity index (χ1n) is 7.30. The molecule has 3 nitrogen and oxygen atoms in total. The number of nitrogens with zero attached hydrogens (tertiary/aromatic N) is 1. The molecule has 0 bridgehead atoms. The number of rotatable bonds is 5. The van der Waals surface area contributed by atoms with Gasteiger partial charge in [-0.3, -0.25) is 0 Å². The van der Waals surface area contributed by atoms with Gasteiger partial charge in [0.25, 0.3) is 0 Å². The maximum atomic E-state index is 9.65. The smallest absolute Gasteiger partial charge is 0.133 e. The number of phenols is 1. The first-order valence-corrected chi connectivity index (χ1v) is 7.30. The zero-order valence-corrected chi connectivity index (χ0v) is 12.7. The van der Waals surface area contributed by atoms with E-state index in [4.69, 9.17) is 0 Å². The van der Waals surface area contributed by atoms with Crippen molar-refractivity contribution in [1.29, 1.82) is 0 Å². The predicted molar refractivity (Wildman–Crippen MR) is 85.1 cm³/mol. The van der Waals surface area contributed by atoms with Crippen LogP contribution in [-0.4, -0.2) is 16.6 Å². The van der Waals surface area contributed by atoms with Crippen LogP contribution in [0, 0.1) is 17.8 Å². The molecule has 0 saturated carbocycles. The quantitative estimate of drug-likeness (QED) is 0.854. The third-order valence-corrected chi connectivity index (χ3v) is 3.97. The van der Waals surface area contributed by atoms with Gasteiger partial charge in [-0.05, 0) is 41.3 Å². The molecule has 0 aliphatic carbocycles. The predicted octanol–water partition coefficient (Wildman–Crippen LogP) is 4.28. The molecule has 0 aliphatic heterocycles. The van der Waals surface area contributed by atoms with Crippen LogP contribution in [0.2, 0.25) is 0 Å². The van der Waals surface area contributed by atoms with Crippen molar-refractivity contribution < 1.29 is 5.11 Å². The third kappa shape index (κ3) is 3.21. The monoisotopic (exact) mass is 272 g/mol. The highest BCUT2D eigenvalue weighted by Crippen LogP contribution is 2.26. The number of anilines is 1. The number of nitrogens with one attached hydrogen (secondary N) is 1. The molecule has 0 aliphatic rings. The molecule has 1 heterocycles. The van der Waals surface area contributed by atoms with E-state index in [9.17, 15) is 5.11 Å². The summed E-state index contributed by atoms with van der Waals surface area (Å²) in [7, 11) is 0. The van der Waals surface area contributed by atoms with Crippen LogP contribution in [-0.2, 0) is 0 Å². The van der Waals surface area contributed by atoms with Gasteiger partial charge in [0, 0.05) is 18.1 Å². The van der Waals surface area contributed by atoms with Crippen LogP contribution < -0.4 is 5.32 Å². The Morgan fingerprint density at radius 2 is 1.80 bits per heavy atom. The van der Waals surface area contributed by atoms with Crippen LogP contribution >= 0.6 is 0 Å². The second-order valence-corrected chi connectivity index (χ2v) is 6.10. The highest BCUT2D eigenvalue weighted by atomic mass is 16.3. The fourth-order valence-corrected chi connectivity index (χ4v) is 2.75. The number of hydrogen-bond donors (Lipinski definition) is 2. The number of aromatic nitrogens is 1. The first-order chi connectivity index (χ1) is 9.49. The van der Waals surface area contributed by atoms with Gasteiger partial charge in [-0.1, -0.05) is 33.8 Å². The summed E-state index contributed by atoms with van der Waals surface area (Å²) < 4.78 is 0. The molecule has 0 fully saturated rings. The number of aromatic hydroxyl groups is 1. The molecular formula is C17H24N2O. The normalized spacial score (nSPS) is 11.8. The number of phenolic OH excluding ortho intramolecular Hbond substituents is 1. The minimum Gasteiger partial charge on any atom is -0.508 e. The Hall–Kier alpha value is -1.77. The van der Waals surface area contributed by atoms with E-state index < -0.39 is 0 Å². The molecule has 3 heteroatoms. The highest BCUT2D eigenvalue weighted by Gasteiger charge is 2.17. The molecule has 1 aromatic carbocycles. The summed E-state index contributed by atoms with van der Waals surface area (Å²) >= 11 is 0. The summed E-state index contributed by atoms with van der Waals surface area (Å²) in [4.78, 5) is 4.42. The summed E-state index contributed by atoms with van der Waals surface area (Å²) in [5.74, 6) is 2.99. The lowest BCUT2D eigenvalue weighted by molar-refractivity contribution is 0.304. The molecule has 2 aromatic rings. The maximum absolute atomic E-state index is 9.65. The van der Waals surface area contributed by atoms with Crippen molar-refractivity contribution in [3.8, 4) is 5.75 Å². The largest absolute Gasteiger partial charge is 0.508 e. The number of hydrogen-bond acceptors (Lipinski definition) is 3. The molecule has 0 amide bonds.